The van der Waals surface area contributed by atoms with E-state index < -0.39 is 34.9 Å². The Balaban J connectivity index is 1.82. The molecule has 7 nitrogen and oxygen atoms in total. The zero-order valence-corrected chi connectivity index (χ0v) is 25.4. The summed E-state index contributed by atoms with van der Waals surface area (Å²) in [6, 6.07) is 26.5. The second-order valence-corrected chi connectivity index (χ2v) is 15.2. The Hall–Kier alpha value is -2.77. The van der Waals surface area contributed by atoms with Crippen molar-refractivity contribution in [3.05, 3.63) is 102 Å². The maximum absolute atomic E-state index is 14.7. The Kier molecular flexibility index (Phi) is 12.1. The fourth-order valence-electron chi connectivity index (χ4n) is 3.96. The van der Waals surface area contributed by atoms with Gasteiger partial charge in [0.05, 0.1) is 35.2 Å². The highest BCUT2D eigenvalue weighted by atomic mass is 32.2. The smallest absolute Gasteiger partial charge is 0.306 e. The molecule has 9 heteroatoms. The lowest BCUT2D eigenvalue weighted by Crippen LogP contribution is -2.40. The van der Waals surface area contributed by atoms with E-state index in [2.05, 4.69) is 4.72 Å². The van der Waals surface area contributed by atoms with Crippen LogP contribution in [0.1, 0.15) is 50.3 Å². The van der Waals surface area contributed by atoms with Gasteiger partial charge in [0, 0.05) is 12.6 Å². The minimum Gasteiger partial charge on any atom is -0.496 e. The van der Waals surface area contributed by atoms with E-state index in [4.69, 9.17) is 14.0 Å². The van der Waals surface area contributed by atoms with Gasteiger partial charge in [-0.05, 0) is 56.4 Å². The predicted octanol–water partition coefficient (Wildman–Crippen LogP) is 6.63. The number of esters is 1. The number of methoxy groups -OCH3 is 1. The first-order valence-corrected chi connectivity index (χ1v) is 16.4. The summed E-state index contributed by atoms with van der Waals surface area (Å²) in [5.74, 6) is -0.545. The van der Waals surface area contributed by atoms with Crippen LogP contribution in [0, 0.1) is 0 Å². The van der Waals surface area contributed by atoms with Crippen LogP contribution < -0.4 is 9.46 Å². The van der Waals surface area contributed by atoms with Crippen molar-refractivity contribution in [2.24, 2.45) is 0 Å². The molecular formula is C31H40NO6PS. The molecule has 0 aliphatic heterocycles. The molecule has 3 aromatic carbocycles. The fraction of sp³-hybridized carbons (Fsp3) is 0.387. The van der Waals surface area contributed by atoms with Gasteiger partial charge in [-0.1, -0.05) is 78.9 Å². The molecule has 216 valence electrons. The number of ether oxygens (including phenoxy) is 2. The van der Waals surface area contributed by atoms with Crippen LogP contribution in [0.25, 0.3) is 0 Å². The Labute approximate surface area is 240 Å². The zero-order chi connectivity index (χ0) is 29.0. The summed E-state index contributed by atoms with van der Waals surface area (Å²) in [6.45, 7) is 5.80. The summed E-state index contributed by atoms with van der Waals surface area (Å²) in [5.41, 5.74) is 2.65. The molecule has 0 fully saturated rings. The summed E-state index contributed by atoms with van der Waals surface area (Å²) < 4.78 is 47.5. The van der Waals surface area contributed by atoms with Gasteiger partial charge in [-0.2, -0.15) is 0 Å². The lowest BCUT2D eigenvalue weighted by atomic mass is 10.1. The average Bonchev–Trinajstić information content (AvgIpc) is 2.96. The van der Waals surface area contributed by atoms with E-state index in [1.165, 1.54) is 0 Å². The van der Waals surface area contributed by atoms with Crippen molar-refractivity contribution in [1.29, 1.82) is 0 Å². The van der Waals surface area contributed by atoms with Crippen molar-refractivity contribution in [2.75, 3.05) is 13.3 Å². The Morgan fingerprint density at radius 3 is 2.08 bits per heavy atom. The number of hydrogen-bond donors (Lipinski definition) is 1. The van der Waals surface area contributed by atoms with Crippen LogP contribution >= 0.6 is 7.37 Å². The molecule has 1 unspecified atom stereocenters. The highest BCUT2D eigenvalue weighted by molar-refractivity contribution is 7.84. The third-order valence-electron chi connectivity index (χ3n) is 6.32. The lowest BCUT2D eigenvalue weighted by Gasteiger charge is -2.31. The van der Waals surface area contributed by atoms with Crippen molar-refractivity contribution < 1.29 is 27.6 Å². The van der Waals surface area contributed by atoms with E-state index in [0.29, 0.717) is 12.2 Å². The summed E-state index contributed by atoms with van der Waals surface area (Å²) in [4.78, 5) is 12.7. The first kappa shape index (κ1) is 31.8. The highest BCUT2D eigenvalue weighted by Crippen LogP contribution is 2.54. The second-order valence-electron chi connectivity index (χ2n) is 10.5. The van der Waals surface area contributed by atoms with Crippen LogP contribution in [0.15, 0.2) is 84.9 Å². The van der Waals surface area contributed by atoms with Gasteiger partial charge in [0.2, 0.25) is 7.37 Å². The maximum atomic E-state index is 14.7. The van der Waals surface area contributed by atoms with Crippen molar-refractivity contribution in [2.45, 2.75) is 63.8 Å². The van der Waals surface area contributed by atoms with Crippen LogP contribution in [0.2, 0.25) is 0 Å². The molecule has 0 spiro atoms. The number of carbonyl (C=O) groups is 1. The van der Waals surface area contributed by atoms with Crippen LogP contribution in [-0.4, -0.2) is 34.0 Å². The molecule has 0 radical (unpaired) electrons. The standard InChI is InChI=1S/C31H40NO6PS/c1-31(2,3)40(35)32-29(19-20-30(33)37-23-25-13-7-5-8-14-25)39(34,38-24-26-15-9-6-10-16-26)22-21-27-17-11-12-18-28(27)36-4/h5-18,29,32H,19-24H2,1-4H3/t29-,39?,40+/m1/s1. The molecule has 0 saturated heterocycles. The van der Waals surface area contributed by atoms with E-state index in [-0.39, 0.29) is 32.2 Å². The van der Waals surface area contributed by atoms with Gasteiger partial charge in [-0.15, -0.1) is 0 Å². The van der Waals surface area contributed by atoms with Gasteiger partial charge >= 0.3 is 5.97 Å². The average molecular weight is 586 g/mol. The van der Waals surface area contributed by atoms with Gasteiger partial charge in [0.25, 0.3) is 0 Å². The Morgan fingerprint density at radius 2 is 1.48 bits per heavy atom. The number of aryl methyl sites for hydroxylation is 1. The third-order valence-corrected chi connectivity index (χ3v) is 10.9. The number of carbonyl (C=O) groups excluding carboxylic acids is 1. The molecule has 40 heavy (non-hydrogen) atoms. The minimum atomic E-state index is -3.51. The van der Waals surface area contributed by atoms with Crippen LogP contribution in [0.3, 0.4) is 0 Å². The monoisotopic (exact) mass is 585 g/mol. The zero-order valence-electron chi connectivity index (χ0n) is 23.7. The molecule has 0 bridgehead atoms. The van der Waals surface area contributed by atoms with Crippen LogP contribution in [-0.2, 0) is 49.2 Å². The molecule has 3 atom stereocenters. The van der Waals surface area contributed by atoms with Gasteiger partial charge in [0.15, 0.2) is 0 Å². The van der Waals surface area contributed by atoms with E-state index >= 15 is 0 Å². The maximum Gasteiger partial charge on any atom is 0.306 e. The summed E-state index contributed by atoms with van der Waals surface area (Å²) in [7, 11) is -3.46. The Bertz CT molecular complexity index is 1280. The summed E-state index contributed by atoms with van der Waals surface area (Å²) >= 11 is 0. The third kappa shape index (κ3) is 10.0. The highest BCUT2D eigenvalue weighted by Gasteiger charge is 2.37. The second kappa shape index (κ2) is 15.3. The van der Waals surface area contributed by atoms with Gasteiger partial charge < -0.3 is 14.0 Å². The topological polar surface area (TPSA) is 90.9 Å². The molecule has 0 aliphatic rings. The molecule has 0 saturated carbocycles. The number of rotatable bonds is 15. The SMILES string of the molecule is COc1ccccc1CCP(=O)(OCc1ccccc1)[C@H](CCC(=O)OCc1ccccc1)N[S@@](=O)C(C)(C)C. The van der Waals surface area contributed by atoms with Crippen molar-refractivity contribution in [3.8, 4) is 5.75 Å². The first-order chi connectivity index (χ1) is 19.1. The molecule has 0 heterocycles. The van der Waals surface area contributed by atoms with Gasteiger partial charge in [-0.25, -0.2) is 8.93 Å². The van der Waals surface area contributed by atoms with Crippen LogP contribution in [0.5, 0.6) is 5.75 Å². The summed E-state index contributed by atoms with van der Waals surface area (Å²) in [5, 5.41) is 0. The molecule has 0 amide bonds. The van der Waals surface area contributed by atoms with E-state index in [0.717, 1.165) is 16.7 Å². The quantitative estimate of drug-likeness (QED) is 0.159. The molecule has 3 rings (SSSR count). The van der Waals surface area contributed by atoms with E-state index in [1.807, 2.05) is 106 Å². The van der Waals surface area contributed by atoms with Crippen molar-refractivity contribution >= 4 is 24.3 Å². The van der Waals surface area contributed by atoms with E-state index in [1.54, 1.807) is 7.11 Å². The lowest BCUT2D eigenvalue weighted by molar-refractivity contribution is -0.145. The van der Waals surface area contributed by atoms with Gasteiger partial charge in [-0.3, -0.25) is 9.36 Å². The molecule has 3 aromatic rings. The Morgan fingerprint density at radius 1 is 0.900 bits per heavy atom. The fourth-order valence-corrected chi connectivity index (χ4v) is 7.67. The van der Waals surface area contributed by atoms with E-state index in [9.17, 15) is 13.6 Å². The normalized spacial score (nSPS) is 14.6. The molecule has 1 N–H and O–H groups in total. The van der Waals surface area contributed by atoms with Crippen LogP contribution in [0.4, 0.5) is 0 Å². The molecule has 0 aromatic heterocycles. The summed E-state index contributed by atoms with van der Waals surface area (Å²) in [6.07, 6.45) is 0.750. The van der Waals surface area contributed by atoms with Crippen molar-refractivity contribution in [3.63, 3.8) is 0 Å². The number of nitrogens with one attached hydrogen (secondary N) is 1. The first-order valence-electron chi connectivity index (χ1n) is 13.4. The predicted molar refractivity (Wildman–Crippen MR) is 161 cm³/mol. The number of hydrogen-bond acceptors (Lipinski definition) is 6. The number of benzene rings is 3. The minimum absolute atomic E-state index is 0.000805. The molecular weight excluding hydrogens is 545 g/mol. The molecule has 0 aliphatic carbocycles. The van der Waals surface area contributed by atoms with Crippen molar-refractivity contribution in [1.82, 2.24) is 4.72 Å². The largest absolute Gasteiger partial charge is 0.496 e. The van der Waals surface area contributed by atoms with Gasteiger partial charge in [0.1, 0.15) is 12.4 Å². The number of para-hydroxylation sites is 1.